The van der Waals surface area contributed by atoms with Crippen LogP contribution >= 0.6 is 11.6 Å². The topological polar surface area (TPSA) is 45.6 Å². The number of fused-ring (bicyclic) bond motifs is 1. The average molecular weight is 354 g/mol. The Morgan fingerprint density at radius 2 is 2.04 bits per heavy atom. The summed E-state index contributed by atoms with van der Waals surface area (Å²) in [7, 11) is 0. The molecule has 1 unspecified atom stereocenters. The maximum atomic E-state index is 12.9. The molecular weight excluding hydrogens is 339 g/mol. The number of aryl methyl sites for hydroxylation is 1. The molecule has 2 aromatic rings. The molecular formula is C16H15ClFN2O2S+. The van der Waals surface area contributed by atoms with E-state index in [4.69, 9.17) is 16.3 Å². The van der Waals surface area contributed by atoms with Gasteiger partial charge in [0.25, 0.3) is 0 Å². The molecule has 0 amide bonds. The molecule has 7 heteroatoms. The highest BCUT2D eigenvalue weighted by molar-refractivity contribution is 7.92. The number of halogens is 2. The third-order valence-electron chi connectivity index (χ3n) is 4.04. The number of pyridine rings is 1. The summed E-state index contributed by atoms with van der Waals surface area (Å²) in [5.41, 5.74) is 0.904. The van der Waals surface area contributed by atoms with Crippen LogP contribution in [0, 0.1) is 5.82 Å². The van der Waals surface area contributed by atoms with E-state index < -0.39 is 11.2 Å². The van der Waals surface area contributed by atoms with Crippen LogP contribution in [0.25, 0.3) is 0 Å². The summed E-state index contributed by atoms with van der Waals surface area (Å²) >= 11 is 5.52. The van der Waals surface area contributed by atoms with Crippen LogP contribution in [0.3, 0.4) is 0 Å². The van der Waals surface area contributed by atoms with E-state index in [-0.39, 0.29) is 11.9 Å². The Hall–Kier alpha value is -1.50. The van der Waals surface area contributed by atoms with E-state index in [2.05, 4.69) is 9.88 Å². The van der Waals surface area contributed by atoms with Crippen molar-refractivity contribution in [1.82, 2.24) is 4.98 Å². The van der Waals surface area contributed by atoms with Crippen molar-refractivity contribution in [3.63, 3.8) is 0 Å². The number of rotatable bonds is 3. The first kappa shape index (κ1) is 15.1. The zero-order valence-electron chi connectivity index (χ0n) is 12.2. The second-order valence-corrected chi connectivity index (χ2v) is 7.61. The van der Waals surface area contributed by atoms with Gasteiger partial charge in [-0.2, -0.15) is 4.55 Å². The fraction of sp³-hybridized carbons (Fsp3) is 0.312. The molecule has 4 rings (SSSR count). The monoisotopic (exact) mass is 353 g/mol. The Labute approximate surface area is 141 Å². The number of hydrogen-bond donors (Lipinski definition) is 1. The first-order valence-electron chi connectivity index (χ1n) is 7.37. The Morgan fingerprint density at radius 1 is 1.30 bits per heavy atom. The first-order chi connectivity index (χ1) is 11.1. The van der Waals surface area contributed by atoms with Crippen LogP contribution in [0.2, 0.25) is 5.02 Å². The smallest absolute Gasteiger partial charge is 0.230 e. The molecule has 2 aliphatic heterocycles. The fourth-order valence-electron chi connectivity index (χ4n) is 2.82. The number of nitrogens with zero attached hydrogens (tertiary/aromatic N) is 2. The quantitative estimate of drug-likeness (QED) is 0.861. The average Bonchev–Trinajstić information content (AvgIpc) is 2.86. The van der Waals surface area contributed by atoms with Gasteiger partial charge in [0, 0.05) is 12.5 Å². The number of hydrogen-bond acceptors (Lipinski definition) is 4. The van der Waals surface area contributed by atoms with Crippen molar-refractivity contribution in [2.75, 3.05) is 23.7 Å². The van der Waals surface area contributed by atoms with Gasteiger partial charge in [-0.05, 0) is 24.3 Å². The van der Waals surface area contributed by atoms with Crippen LogP contribution in [0.1, 0.15) is 5.69 Å². The lowest BCUT2D eigenvalue weighted by Gasteiger charge is -2.39. The molecule has 0 spiro atoms. The molecule has 0 aliphatic carbocycles. The molecule has 1 saturated heterocycles. The highest BCUT2D eigenvalue weighted by Gasteiger charge is 2.38. The third-order valence-corrected chi connectivity index (χ3v) is 5.97. The molecule has 0 saturated carbocycles. The zero-order valence-corrected chi connectivity index (χ0v) is 13.8. The summed E-state index contributed by atoms with van der Waals surface area (Å²) in [5.74, 6) is 1.93. The molecule has 1 aromatic carbocycles. The van der Waals surface area contributed by atoms with Crippen molar-refractivity contribution < 1.29 is 13.7 Å². The SMILES string of the molecule is O[S+]1CCc2nc(N3CC(Oc4ccc(F)cc4)C3)cc(Cl)c21. The van der Waals surface area contributed by atoms with Gasteiger partial charge in [0.15, 0.2) is 16.9 Å². The highest BCUT2D eigenvalue weighted by atomic mass is 35.5. The largest absolute Gasteiger partial charge is 0.487 e. The van der Waals surface area contributed by atoms with Gasteiger partial charge in [-0.1, -0.05) is 11.6 Å². The minimum Gasteiger partial charge on any atom is -0.487 e. The number of anilines is 1. The van der Waals surface area contributed by atoms with Gasteiger partial charge in [-0.15, -0.1) is 0 Å². The van der Waals surface area contributed by atoms with E-state index >= 15 is 0 Å². The number of aromatic nitrogens is 1. The lowest BCUT2D eigenvalue weighted by molar-refractivity contribution is 0.166. The minimum atomic E-state index is -0.769. The molecule has 4 nitrogen and oxygen atoms in total. The first-order valence-corrected chi connectivity index (χ1v) is 9.09. The minimum absolute atomic E-state index is 0.0572. The molecule has 120 valence electrons. The van der Waals surface area contributed by atoms with E-state index in [1.165, 1.54) is 12.1 Å². The van der Waals surface area contributed by atoms with Crippen molar-refractivity contribution >= 4 is 28.6 Å². The summed E-state index contributed by atoms with van der Waals surface area (Å²) in [4.78, 5) is 7.52. The van der Waals surface area contributed by atoms with Gasteiger partial charge in [-0.3, -0.25) is 0 Å². The van der Waals surface area contributed by atoms with Gasteiger partial charge in [0.1, 0.15) is 34.2 Å². The lowest BCUT2D eigenvalue weighted by Crippen LogP contribution is -2.54. The maximum Gasteiger partial charge on any atom is 0.230 e. The standard InChI is InChI=1S/C16H15ClFN2O2S/c17-13-7-15(19-14-5-6-23(21)16(13)14)20-8-12(9-20)22-11-3-1-10(18)2-4-11/h1-4,7,12,21H,5-6,8-9H2/q+1. The molecule has 1 N–H and O–H groups in total. The summed E-state index contributed by atoms with van der Waals surface area (Å²) in [6.07, 6.45) is 0.827. The van der Waals surface area contributed by atoms with Crippen molar-refractivity contribution in [2.45, 2.75) is 17.4 Å². The van der Waals surface area contributed by atoms with Gasteiger partial charge in [-0.25, -0.2) is 9.37 Å². The zero-order chi connectivity index (χ0) is 16.0. The predicted octanol–water partition coefficient (Wildman–Crippen LogP) is 3.15. The second-order valence-electron chi connectivity index (χ2n) is 5.66. The van der Waals surface area contributed by atoms with Crippen LogP contribution in [0.4, 0.5) is 10.2 Å². The summed E-state index contributed by atoms with van der Waals surface area (Å²) in [5, 5.41) is 0.594. The Bertz CT molecular complexity index is 738. The molecule has 1 aromatic heterocycles. The van der Waals surface area contributed by atoms with Crippen molar-refractivity contribution in [3.8, 4) is 5.75 Å². The van der Waals surface area contributed by atoms with Crippen molar-refractivity contribution in [3.05, 3.63) is 46.9 Å². The van der Waals surface area contributed by atoms with E-state index in [0.29, 0.717) is 29.6 Å². The van der Waals surface area contributed by atoms with E-state index in [9.17, 15) is 8.94 Å². The molecule has 1 atom stereocenters. The van der Waals surface area contributed by atoms with Crippen LogP contribution in [-0.4, -0.2) is 34.5 Å². The highest BCUT2D eigenvalue weighted by Crippen LogP contribution is 2.35. The van der Waals surface area contributed by atoms with Gasteiger partial charge in [0.2, 0.25) is 4.90 Å². The molecule has 23 heavy (non-hydrogen) atoms. The summed E-state index contributed by atoms with van der Waals surface area (Å²) < 4.78 is 28.6. The molecule has 0 radical (unpaired) electrons. The van der Waals surface area contributed by atoms with E-state index in [0.717, 1.165) is 22.8 Å². The van der Waals surface area contributed by atoms with E-state index in [1.54, 1.807) is 12.1 Å². The molecule has 0 bridgehead atoms. The van der Waals surface area contributed by atoms with Crippen LogP contribution in [0.15, 0.2) is 35.2 Å². The molecule has 2 aliphatic rings. The van der Waals surface area contributed by atoms with Gasteiger partial charge in [0.05, 0.1) is 13.1 Å². The molecule has 1 fully saturated rings. The van der Waals surface area contributed by atoms with Crippen LogP contribution < -0.4 is 9.64 Å². The van der Waals surface area contributed by atoms with Gasteiger partial charge < -0.3 is 9.64 Å². The Kier molecular flexibility index (Phi) is 3.83. The fourth-order valence-corrected chi connectivity index (χ4v) is 4.59. The summed E-state index contributed by atoms with van der Waals surface area (Å²) in [6.45, 7) is 1.43. The van der Waals surface area contributed by atoms with Crippen molar-refractivity contribution in [2.24, 2.45) is 0 Å². The van der Waals surface area contributed by atoms with Crippen molar-refractivity contribution in [1.29, 1.82) is 0 Å². The normalized spacial score (nSPS) is 20.3. The Balaban J connectivity index is 1.42. The molecule has 3 heterocycles. The number of ether oxygens (including phenoxy) is 1. The van der Waals surface area contributed by atoms with Crippen LogP contribution in [-0.2, 0) is 17.6 Å². The number of benzene rings is 1. The summed E-state index contributed by atoms with van der Waals surface area (Å²) in [6, 6.07) is 7.85. The van der Waals surface area contributed by atoms with Crippen LogP contribution in [0.5, 0.6) is 5.75 Å². The van der Waals surface area contributed by atoms with E-state index in [1.807, 2.05) is 6.07 Å². The third kappa shape index (κ3) is 2.86. The van der Waals surface area contributed by atoms with Gasteiger partial charge >= 0.3 is 0 Å². The second kappa shape index (κ2) is 5.85. The predicted molar refractivity (Wildman–Crippen MR) is 89.1 cm³/mol. The maximum absolute atomic E-state index is 12.9. The lowest BCUT2D eigenvalue weighted by atomic mass is 10.1. The Morgan fingerprint density at radius 3 is 2.78 bits per heavy atom.